The molecule has 0 aliphatic carbocycles. The molecular weight excluding hydrogens is 362 g/mol. The van der Waals surface area contributed by atoms with Gasteiger partial charge in [-0.25, -0.2) is 12.7 Å². The summed E-state index contributed by atoms with van der Waals surface area (Å²) in [6.45, 7) is 5.28. The van der Waals surface area contributed by atoms with Crippen molar-refractivity contribution in [2.45, 2.75) is 26.8 Å². The summed E-state index contributed by atoms with van der Waals surface area (Å²) in [5.74, 6) is -3.08. The average Bonchev–Trinajstić information content (AvgIpc) is 2.55. The second-order valence-electron chi connectivity index (χ2n) is 5.50. The molecule has 0 radical (unpaired) electrons. The zero-order valence-electron chi connectivity index (χ0n) is 14.9. The Hall–Kier alpha value is -2.46. The SMILES string of the molecule is CCN(CC)S(=O)(=O)CC(=O)Nc1ccc(C(=O)NC(C)C(=O)O)cc1. The molecule has 0 heterocycles. The number of carbonyl (C=O) groups is 3. The van der Waals surface area contributed by atoms with Crippen molar-refractivity contribution in [3.05, 3.63) is 29.8 Å². The molecule has 0 saturated heterocycles. The predicted molar refractivity (Wildman–Crippen MR) is 96.3 cm³/mol. The molecule has 0 fully saturated rings. The summed E-state index contributed by atoms with van der Waals surface area (Å²) in [6.07, 6.45) is 0. The van der Waals surface area contributed by atoms with E-state index in [0.717, 1.165) is 0 Å². The third kappa shape index (κ3) is 6.12. The van der Waals surface area contributed by atoms with E-state index in [-0.39, 0.29) is 18.7 Å². The Balaban J connectivity index is 2.71. The van der Waals surface area contributed by atoms with Crippen LogP contribution in [-0.4, -0.2) is 60.5 Å². The van der Waals surface area contributed by atoms with Crippen molar-refractivity contribution in [3.63, 3.8) is 0 Å². The first-order valence-electron chi connectivity index (χ1n) is 8.02. The highest BCUT2D eigenvalue weighted by Crippen LogP contribution is 2.11. The predicted octanol–water partition coefficient (Wildman–Crippen LogP) is 0.500. The summed E-state index contributed by atoms with van der Waals surface area (Å²) in [5, 5.41) is 13.5. The van der Waals surface area contributed by atoms with Gasteiger partial charge in [-0.1, -0.05) is 13.8 Å². The van der Waals surface area contributed by atoms with Crippen LogP contribution in [0.2, 0.25) is 0 Å². The number of rotatable bonds is 9. The van der Waals surface area contributed by atoms with Gasteiger partial charge >= 0.3 is 5.97 Å². The highest BCUT2D eigenvalue weighted by atomic mass is 32.2. The van der Waals surface area contributed by atoms with Crippen molar-refractivity contribution >= 4 is 33.5 Å². The fourth-order valence-electron chi connectivity index (χ4n) is 2.12. The Morgan fingerprint density at radius 2 is 1.65 bits per heavy atom. The Bertz CT molecular complexity index is 757. The van der Waals surface area contributed by atoms with Crippen LogP contribution in [0.4, 0.5) is 5.69 Å². The number of nitrogens with one attached hydrogen (secondary N) is 2. The number of carboxylic acid groups (broad SMARTS) is 1. The van der Waals surface area contributed by atoms with Crippen molar-refractivity contribution in [2.75, 3.05) is 24.2 Å². The Morgan fingerprint density at radius 1 is 1.12 bits per heavy atom. The minimum atomic E-state index is -3.68. The molecule has 9 nitrogen and oxygen atoms in total. The molecule has 0 saturated carbocycles. The number of amides is 2. The number of hydrogen-bond donors (Lipinski definition) is 3. The van der Waals surface area contributed by atoms with E-state index in [1.165, 1.54) is 35.5 Å². The van der Waals surface area contributed by atoms with Crippen LogP contribution < -0.4 is 10.6 Å². The van der Waals surface area contributed by atoms with E-state index < -0.39 is 39.6 Å². The molecule has 0 spiro atoms. The average molecular weight is 385 g/mol. The molecule has 26 heavy (non-hydrogen) atoms. The van der Waals surface area contributed by atoms with E-state index >= 15 is 0 Å². The topological polar surface area (TPSA) is 133 Å². The van der Waals surface area contributed by atoms with Crippen LogP contribution in [0.3, 0.4) is 0 Å². The largest absolute Gasteiger partial charge is 0.480 e. The summed E-state index contributed by atoms with van der Waals surface area (Å²) >= 11 is 0. The van der Waals surface area contributed by atoms with Gasteiger partial charge < -0.3 is 15.7 Å². The van der Waals surface area contributed by atoms with E-state index in [1.807, 2.05) is 0 Å². The highest BCUT2D eigenvalue weighted by Gasteiger charge is 2.23. The molecule has 1 aromatic carbocycles. The number of carboxylic acids is 1. The summed E-state index contributed by atoms with van der Waals surface area (Å²) < 4.78 is 25.3. The van der Waals surface area contributed by atoms with Gasteiger partial charge in [0.25, 0.3) is 5.91 Å². The number of anilines is 1. The first kappa shape index (κ1) is 21.6. The molecular formula is C16H23N3O6S. The van der Waals surface area contributed by atoms with Crippen molar-refractivity contribution in [1.29, 1.82) is 0 Å². The van der Waals surface area contributed by atoms with E-state index in [9.17, 15) is 22.8 Å². The molecule has 2 amide bonds. The normalized spacial score (nSPS) is 12.5. The third-order valence-electron chi connectivity index (χ3n) is 3.56. The van der Waals surface area contributed by atoms with Crippen molar-refractivity contribution in [2.24, 2.45) is 0 Å². The Labute approximate surface area is 152 Å². The summed E-state index contributed by atoms with van der Waals surface area (Å²) in [4.78, 5) is 34.5. The fraction of sp³-hybridized carbons (Fsp3) is 0.438. The molecule has 10 heteroatoms. The minimum absolute atomic E-state index is 0.215. The first-order chi connectivity index (χ1) is 12.1. The molecule has 0 aliphatic heterocycles. The van der Waals surface area contributed by atoms with Gasteiger partial charge in [0, 0.05) is 24.3 Å². The third-order valence-corrected chi connectivity index (χ3v) is 5.49. The lowest BCUT2D eigenvalue weighted by Crippen LogP contribution is -2.38. The maximum Gasteiger partial charge on any atom is 0.325 e. The number of sulfonamides is 1. The molecule has 144 valence electrons. The van der Waals surface area contributed by atoms with Gasteiger partial charge in [0.15, 0.2) is 0 Å². The summed E-state index contributed by atoms with van der Waals surface area (Å²) in [6, 6.07) is 4.63. The number of benzene rings is 1. The molecule has 0 aromatic heterocycles. The van der Waals surface area contributed by atoms with E-state index in [1.54, 1.807) is 13.8 Å². The van der Waals surface area contributed by atoms with Crippen LogP contribution in [0.25, 0.3) is 0 Å². The summed E-state index contributed by atoms with van der Waals surface area (Å²) in [7, 11) is -3.68. The molecule has 1 atom stereocenters. The van der Waals surface area contributed by atoms with Crippen LogP contribution in [0.1, 0.15) is 31.1 Å². The molecule has 1 rings (SSSR count). The van der Waals surface area contributed by atoms with Gasteiger partial charge in [-0.05, 0) is 31.2 Å². The quantitative estimate of drug-likeness (QED) is 0.567. The van der Waals surface area contributed by atoms with Gasteiger partial charge in [0.05, 0.1) is 0 Å². The van der Waals surface area contributed by atoms with Gasteiger partial charge in [-0.15, -0.1) is 0 Å². The summed E-state index contributed by atoms with van der Waals surface area (Å²) in [5.41, 5.74) is 0.541. The van der Waals surface area contributed by atoms with E-state index in [2.05, 4.69) is 10.6 Å². The zero-order chi connectivity index (χ0) is 19.9. The van der Waals surface area contributed by atoms with Crippen molar-refractivity contribution < 1.29 is 27.9 Å². The minimum Gasteiger partial charge on any atom is -0.480 e. The number of carbonyl (C=O) groups excluding carboxylic acids is 2. The molecule has 1 aromatic rings. The molecule has 0 bridgehead atoms. The van der Waals surface area contributed by atoms with Crippen LogP contribution in [-0.2, 0) is 19.6 Å². The van der Waals surface area contributed by atoms with E-state index in [4.69, 9.17) is 5.11 Å². The maximum atomic E-state index is 12.1. The van der Waals surface area contributed by atoms with Crippen LogP contribution in [0.15, 0.2) is 24.3 Å². The van der Waals surface area contributed by atoms with Crippen LogP contribution in [0, 0.1) is 0 Å². The molecule has 0 aliphatic rings. The van der Waals surface area contributed by atoms with Gasteiger partial charge in [-0.3, -0.25) is 14.4 Å². The van der Waals surface area contributed by atoms with Gasteiger partial charge in [0.1, 0.15) is 11.8 Å². The van der Waals surface area contributed by atoms with Crippen molar-refractivity contribution in [3.8, 4) is 0 Å². The molecule has 1 unspecified atom stereocenters. The molecule has 3 N–H and O–H groups in total. The van der Waals surface area contributed by atoms with Crippen LogP contribution >= 0.6 is 0 Å². The lowest BCUT2D eigenvalue weighted by molar-refractivity contribution is -0.138. The Morgan fingerprint density at radius 3 is 2.12 bits per heavy atom. The number of aliphatic carboxylic acids is 1. The van der Waals surface area contributed by atoms with Crippen LogP contribution in [0.5, 0.6) is 0 Å². The van der Waals surface area contributed by atoms with E-state index in [0.29, 0.717) is 5.69 Å². The number of nitrogens with zero attached hydrogens (tertiary/aromatic N) is 1. The lowest BCUT2D eigenvalue weighted by atomic mass is 10.2. The number of hydrogen-bond acceptors (Lipinski definition) is 5. The zero-order valence-corrected chi connectivity index (χ0v) is 15.7. The first-order valence-corrected chi connectivity index (χ1v) is 9.63. The van der Waals surface area contributed by atoms with Crippen molar-refractivity contribution in [1.82, 2.24) is 9.62 Å². The maximum absolute atomic E-state index is 12.1. The standard InChI is InChI=1S/C16H23N3O6S/c1-4-19(5-2)26(24,25)10-14(20)18-13-8-6-12(7-9-13)15(21)17-11(3)16(22)23/h6-9,11H,4-5,10H2,1-3H3,(H,17,21)(H,18,20)(H,22,23). The van der Waals surface area contributed by atoms with Gasteiger partial charge in [0.2, 0.25) is 15.9 Å². The van der Waals surface area contributed by atoms with Gasteiger partial charge in [-0.2, -0.15) is 0 Å². The Kier molecular flexibility index (Phi) is 7.72. The fourth-order valence-corrected chi connectivity index (χ4v) is 3.49. The second kappa shape index (κ2) is 9.30. The monoisotopic (exact) mass is 385 g/mol. The highest BCUT2D eigenvalue weighted by molar-refractivity contribution is 7.89. The lowest BCUT2D eigenvalue weighted by Gasteiger charge is -2.18. The smallest absolute Gasteiger partial charge is 0.325 e. The second-order valence-corrected chi connectivity index (χ2v) is 7.47.